The first kappa shape index (κ1) is 13.8. The van der Waals surface area contributed by atoms with Gasteiger partial charge in [-0.05, 0) is 35.9 Å². The van der Waals surface area contributed by atoms with Gasteiger partial charge in [0.1, 0.15) is 5.75 Å². The van der Waals surface area contributed by atoms with Crippen LogP contribution in [0.2, 0.25) is 0 Å². The Morgan fingerprint density at radius 2 is 1.91 bits per heavy atom. The van der Waals surface area contributed by atoms with Crippen LogP contribution in [0.4, 0.5) is 15.6 Å². The van der Waals surface area contributed by atoms with Crippen molar-refractivity contribution in [2.24, 2.45) is 0 Å². The van der Waals surface area contributed by atoms with Crippen LogP contribution in [0.1, 0.15) is 5.56 Å². The SMILES string of the molecule is O=C1Nc2ccccc2CN1c1nc(-c2ccc(O)cc2)cs1. The Kier molecular flexibility index (Phi) is 3.24. The standard InChI is InChI=1S/C17H13N3O2S/c21-13-7-5-11(6-8-13)15-10-23-17(19-15)20-9-12-3-1-2-4-14(12)18-16(20)22/h1-8,10,21H,9H2,(H,18,22). The van der Waals surface area contributed by atoms with Crippen LogP contribution in [-0.2, 0) is 6.54 Å². The van der Waals surface area contributed by atoms with Gasteiger partial charge in [-0.25, -0.2) is 9.78 Å². The second-order valence-corrected chi connectivity index (χ2v) is 6.07. The summed E-state index contributed by atoms with van der Waals surface area (Å²) in [6, 6.07) is 14.4. The fourth-order valence-corrected chi connectivity index (χ4v) is 3.34. The predicted molar refractivity (Wildman–Crippen MR) is 90.9 cm³/mol. The molecule has 4 rings (SSSR count). The van der Waals surface area contributed by atoms with Crippen molar-refractivity contribution >= 4 is 28.2 Å². The lowest BCUT2D eigenvalue weighted by molar-refractivity contribution is 0.256. The molecule has 2 heterocycles. The van der Waals surface area contributed by atoms with Crippen LogP contribution in [-0.4, -0.2) is 16.1 Å². The summed E-state index contributed by atoms with van der Waals surface area (Å²) in [7, 11) is 0. The molecule has 0 fully saturated rings. The monoisotopic (exact) mass is 323 g/mol. The maximum atomic E-state index is 12.3. The van der Waals surface area contributed by atoms with Crippen molar-refractivity contribution in [1.29, 1.82) is 0 Å². The first-order valence-electron chi connectivity index (χ1n) is 7.12. The molecule has 1 aromatic heterocycles. The number of thiazole rings is 1. The number of fused-ring (bicyclic) bond motifs is 1. The van der Waals surface area contributed by atoms with E-state index in [9.17, 15) is 9.90 Å². The van der Waals surface area contributed by atoms with Crippen molar-refractivity contribution < 1.29 is 9.90 Å². The van der Waals surface area contributed by atoms with Gasteiger partial charge >= 0.3 is 6.03 Å². The number of nitrogens with zero attached hydrogens (tertiary/aromatic N) is 2. The second-order valence-electron chi connectivity index (χ2n) is 5.24. The van der Waals surface area contributed by atoms with Crippen molar-refractivity contribution in [2.45, 2.75) is 6.54 Å². The van der Waals surface area contributed by atoms with Crippen molar-refractivity contribution in [3.8, 4) is 17.0 Å². The number of aromatic nitrogens is 1. The molecule has 0 unspecified atom stereocenters. The average molecular weight is 323 g/mol. The van der Waals surface area contributed by atoms with Crippen LogP contribution in [0.3, 0.4) is 0 Å². The number of aromatic hydroxyl groups is 1. The summed E-state index contributed by atoms with van der Waals surface area (Å²) in [6.07, 6.45) is 0. The molecule has 0 saturated heterocycles. The quantitative estimate of drug-likeness (QED) is 0.747. The lowest BCUT2D eigenvalue weighted by Crippen LogP contribution is -2.38. The maximum Gasteiger partial charge on any atom is 0.328 e. The van der Waals surface area contributed by atoms with Crippen LogP contribution in [0.25, 0.3) is 11.3 Å². The number of nitrogens with one attached hydrogen (secondary N) is 1. The molecule has 0 bridgehead atoms. The molecule has 2 aromatic carbocycles. The third kappa shape index (κ3) is 2.53. The number of urea groups is 1. The number of benzene rings is 2. The van der Waals surface area contributed by atoms with E-state index in [1.54, 1.807) is 29.2 Å². The zero-order chi connectivity index (χ0) is 15.8. The summed E-state index contributed by atoms with van der Waals surface area (Å²) < 4.78 is 0. The van der Waals surface area contributed by atoms with Gasteiger partial charge < -0.3 is 10.4 Å². The number of phenolic OH excluding ortho intramolecular Hbond substituents is 1. The third-order valence-corrected chi connectivity index (χ3v) is 4.58. The number of anilines is 2. The zero-order valence-corrected chi connectivity index (χ0v) is 12.9. The number of carbonyl (C=O) groups is 1. The van der Waals surface area contributed by atoms with E-state index in [2.05, 4.69) is 10.3 Å². The van der Waals surface area contributed by atoms with Gasteiger partial charge in [0, 0.05) is 16.6 Å². The van der Waals surface area contributed by atoms with Crippen LogP contribution in [0.5, 0.6) is 5.75 Å². The fourth-order valence-electron chi connectivity index (χ4n) is 2.51. The summed E-state index contributed by atoms with van der Waals surface area (Å²) >= 11 is 1.43. The highest BCUT2D eigenvalue weighted by Crippen LogP contribution is 2.32. The average Bonchev–Trinajstić information content (AvgIpc) is 3.04. The number of hydrogen-bond acceptors (Lipinski definition) is 4. The minimum atomic E-state index is -0.171. The van der Waals surface area contributed by atoms with E-state index in [1.165, 1.54) is 11.3 Å². The molecular weight excluding hydrogens is 310 g/mol. The van der Waals surface area contributed by atoms with Crippen LogP contribution < -0.4 is 10.2 Å². The first-order chi connectivity index (χ1) is 11.2. The Hall–Kier alpha value is -2.86. The molecule has 1 aliphatic heterocycles. The molecule has 2 amide bonds. The van der Waals surface area contributed by atoms with E-state index >= 15 is 0 Å². The Balaban J connectivity index is 1.64. The number of hydrogen-bond donors (Lipinski definition) is 2. The minimum Gasteiger partial charge on any atom is -0.508 e. The Bertz CT molecular complexity index is 874. The lowest BCUT2D eigenvalue weighted by Gasteiger charge is -2.27. The van der Waals surface area contributed by atoms with Gasteiger partial charge in [0.05, 0.1) is 12.2 Å². The molecular formula is C17H13N3O2S. The molecule has 0 spiro atoms. The molecule has 3 aromatic rings. The number of phenols is 1. The number of carbonyl (C=O) groups excluding carboxylic acids is 1. The van der Waals surface area contributed by atoms with E-state index in [-0.39, 0.29) is 11.8 Å². The molecule has 0 saturated carbocycles. The summed E-state index contributed by atoms with van der Waals surface area (Å²) in [5.41, 5.74) is 3.61. The molecule has 114 valence electrons. The highest BCUT2D eigenvalue weighted by Gasteiger charge is 2.25. The van der Waals surface area contributed by atoms with Crippen LogP contribution >= 0.6 is 11.3 Å². The van der Waals surface area contributed by atoms with Gasteiger partial charge in [-0.1, -0.05) is 18.2 Å². The number of para-hydroxylation sites is 1. The summed E-state index contributed by atoms with van der Waals surface area (Å²) in [5.74, 6) is 0.219. The topological polar surface area (TPSA) is 65.5 Å². The normalized spacial score (nSPS) is 13.6. The predicted octanol–water partition coefficient (Wildman–Crippen LogP) is 4.07. The molecule has 23 heavy (non-hydrogen) atoms. The molecule has 2 N–H and O–H groups in total. The van der Waals surface area contributed by atoms with Gasteiger partial charge in [-0.2, -0.15) is 0 Å². The van der Waals surface area contributed by atoms with Crippen molar-refractivity contribution in [1.82, 2.24) is 4.98 Å². The lowest BCUT2D eigenvalue weighted by atomic mass is 10.1. The molecule has 0 radical (unpaired) electrons. The molecule has 0 atom stereocenters. The largest absolute Gasteiger partial charge is 0.508 e. The first-order valence-corrected chi connectivity index (χ1v) is 8.00. The van der Waals surface area contributed by atoms with E-state index < -0.39 is 0 Å². The third-order valence-electron chi connectivity index (χ3n) is 3.72. The summed E-state index contributed by atoms with van der Waals surface area (Å²) in [5, 5.41) is 14.8. The molecule has 6 heteroatoms. The van der Waals surface area contributed by atoms with E-state index in [4.69, 9.17) is 0 Å². The number of amides is 2. The van der Waals surface area contributed by atoms with Crippen molar-refractivity contribution in [3.05, 3.63) is 59.5 Å². The van der Waals surface area contributed by atoms with Gasteiger partial charge in [0.2, 0.25) is 0 Å². The van der Waals surface area contributed by atoms with Crippen LogP contribution in [0.15, 0.2) is 53.9 Å². The van der Waals surface area contributed by atoms with Gasteiger partial charge in [-0.3, -0.25) is 4.90 Å². The van der Waals surface area contributed by atoms with E-state index in [0.717, 1.165) is 22.5 Å². The molecule has 0 aliphatic carbocycles. The van der Waals surface area contributed by atoms with Gasteiger partial charge in [-0.15, -0.1) is 11.3 Å². The summed E-state index contributed by atoms with van der Waals surface area (Å²) in [4.78, 5) is 18.5. The minimum absolute atomic E-state index is 0.171. The van der Waals surface area contributed by atoms with Crippen molar-refractivity contribution in [3.63, 3.8) is 0 Å². The fraction of sp³-hybridized carbons (Fsp3) is 0.0588. The maximum absolute atomic E-state index is 12.3. The Labute approximate surface area is 136 Å². The van der Waals surface area contributed by atoms with Gasteiger partial charge in [0.25, 0.3) is 0 Å². The smallest absolute Gasteiger partial charge is 0.328 e. The Morgan fingerprint density at radius 3 is 2.74 bits per heavy atom. The van der Waals surface area contributed by atoms with E-state index in [1.807, 2.05) is 29.6 Å². The van der Waals surface area contributed by atoms with Crippen LogP contribution in [0, 0.1) is 0 Å². The van der Waals surface area contributed by atoms with Crippen molar-refractivity contribution in [2.75, 3.05) is 10.2 Å². The molecule has 1 aliphatic rings. The van der Waals surface area contributed by atoms with Gasteiger partial charge in [0.15, 0.2) is 5.13 Å². The zero-order valence-electron chi connectivity index (χ0n) is 12.1. The highest BCUT2D eigenvalue weighted by molar-refractivity contribution is 7.14. The summed E-state index contributed by atoms with van der Waals surface area (Å²) in [6.45, 7) is 0.505. The molecule has 5 nitrogen and oxygen atoms in total. The highest BCUT2D eigenvalue weighted by atomic mass is 32.1. The Morgan fingerprint density at radius 1 is 1.13 bits per heavy atom. The number of rotatable bonds is 2. The van der Waals surface area contributed by atoms with E-state index in [0.29, 0.717) is 11.7 Å². The second kappa shape index (κ2) is 5.40.